The molecule has 0 atom stereocenters. The molecule has 9 heteroatoms. The van der Waals surface area contributed by atoms with Gasteiger partial charge < -0.3 is 20.1 Å². The van der Waals surface area contributed by atoms with Crippen molar-refractivity contribution in [3.05, 3.63) is 53.8 Å². The maximum absolute atomic E-state index is 13.5. The first-order valence-corrected chi connectivity index (χ1v) is 8.46. The second kappa shape index (κ2) is 10.2. The van der Waals surface area contributed by atoms with Gasteiger partial charge in [0.05, 0.1) is 31.9 Å². The predicted octanol–water partition coefficient (Wildman–Crippen LogP) is 3.03. The van der Waals surface area contributed by atoms with Gasteiger partial charge in [-0.25, -0.2) is 13.2 Å². The number of anilines is 1. The summed E-state index contributed by atoms with van der Waals surface area (Å²) in [6.07, 6.45) is -0.0139. The maximum atomic E-state index is 13.5. The molecule has 0 aliphatic heterocycles. The third-order valence-corrected chi connectivity index (χ3v) is 3.49. The SMILES string of the molecule is CCOc1ccc(OCCC(=O)NCC(=O)Nc2ccc(F)c(F)c2F)cc1. The van der Waals surface area contributed by atoms with Crippen molar-refractivity contribution in [2.45, 2.75) is 13.3 Å². The van der Waals surface area contributed by atoms with Gasteiger partial charge in [-0.15, -0.1) is 0 Å². The molecule has 2 N–H and O–H groups in total. The van der Waals surface area contributed by atoms with Gasteiger partial charge in [0, 0.05) is 0 Å². The number of carbonyl (C=O) groups is 2. The zero-order valence-electron chi connectivity index (χ0n) is 15.1. The quantitative estimate of drug-likeness (QED) is 0.639. The molecule has 0 fully saturated rings. The number of amides is 2. The smallest absolute Gasteiger partial charge is 0.243 e. The molecular formula is C19H19F3N2O4. The van der Waals surface area contributed by atoms with Crippen molar-refractivity contribution < 1.29 is 32.2 Å². The lowest BCUT2D eigenvalue weighted by Gasteiger charge is -2.09. The van der Waals surface area contributed by atoms with E-state index >= 15 is 0 Å². The lowest BCUT2D eigenvalue weighted by atomic mass is 10.2. The van der Waals surface area contributed by atoms with Crippen LogP contribution in [0.5, 0.6) is 11.5 Å². The monoisotopic (exact) mass is 396 g/mol. The Hall–Kier alpha value is -3.23. The van der Waals surface area contributed by atoms with Crippen molar-refractivity contribution in [1.29, 1.82) is 0 Å². The van der Waals surface area contributed by atoms with Crippen LogP contribution in [-0.2, 0) is 9.59 Å². The average Bonchev–Trinajstić information content (AvgIpc) is 2.68. The molecule has 2 rings (SSSR count). The van der Waals surface area contributed by atoms with E-state index in [9.17, 15) is 22.8 Å². The number of benzene rings is 2. The molecule has 0 saturated heterocycles. The second-order valence-electron chi connectivity index (χ2n) is 5.55. The molecule has 0 aromatic heterocycles. The molecule has 0 aliphatic carbocycles. The van der Waals surface area contributed by atoms with Crippen LogP contribution in [0.2, 0.25) is 0 Å². The van der Waals surface area contributed by atoms with Crippen LogP contribution in [0.4, 0.5) is 18.9 Å². The fraction of sp³-hybridized carbons (Fsp3) is 0.263. The van der Waals surface area contributed by atoms with Crippen molar-refractivity contribution in [1.82, 2.24) is 5.32 Å². The minimum Gasteiger partial charge on any atom is -0.494 e. The number of carbonyl (C=O) groups excluding carboxylic acids is 2. The highest BCUT2D eigenvalue weighted by Crippen LogP contribution is 2.19. The van der Waals surface area contributed by atoms with Crippen LogP contribution in [0, 0.1) is 17.5 Å². The average molecular weight is 396 g/mol. The summed E-state index contributed by atoms with van der Waals surface area (Å²) < 4.78 is 50.1. The molecule has 2 amide bonds. The molecule has 0 saturated carbocycles. The Labute approximate surface area is 159 Å². The Morgan fingerprint density at radius 1 is 0.893 bits per heavy atom. The van der Waals surface area contributed by atoms with E-state index < -0.39 is 41.5 Å². The second-order valence-corrected chi connectivity index (χ2v) is 5.55. The van der Waals surface area contributed by atoms with Gasteiger partial charge in [-0.2, -0.15) is 0 Å². The standard InChI is InChI=1S/C19H19F3N2O4/c1-2-27-12-3-5-13(6-4-12)28-10-9-16(25)23-11-17(26)24-15-8-7-14(20)18(21)19(15)22/h3-8H,2,9-11H2,1H3,(H,23,25)(H,24,26). The first-order valence-electron chi connectivity index (χ1n) is 8.46. The van der Waals surface area contributed by atoms with E-state index in [0.29, 0.717) is 24.2 Å². The predicted molar refractivity (Wildman–Crippen MR) is 95.7 cm³/mol. The Balaban J connectivity index is 1.70. The fourth-order valence-electron chi connectivity index (χ4n) is 2.14. The molecule has 0 radical (unpaired) electrons. The molecule has 0 aliphatic rings. The number of hydrogen-bond donors (Lipinski definition) is 2. The summed E-state index contributed by atoms with van der Waals surface area (Å²) in [6, 6.07) is 8.45. The largest absolute Gasteiger partial charge is 0.494 e. The lowest BCUT2D eigenvalue weighted by molar-refractivity contribution is -0.124. The number of halogens is 3. The lowest BCUT2D eigenvalue weighted by Crippen LogP contribution is -2.33. The molecule has 2 aromatic carbocycles. The molecule has 0 spiro atoms. The van der Waals surface area contributed by atoms with Crippen LogP contribution >= 0.6 is 0 Å². The first-order chi connectivity index (χ1) is 13.4. The number of hydrogen-bond acceptors (Lipinski definition) is 4. The Morgan fingerprint density at radius 2 is 1.54 bits per heavy atom. The van der Waals surface area contributed by atoms with Gasteiger partial charge in [0.15, 0.2) is 17.5 Å². The summed E-state index contributed by atoms with van der Waals surface area (Å²) in [6.45, 7) is 2.05. The van der Waals surface area contributed by atoms with Crippen LogP contribution in [0.3, 0.4) is 0 Å². The molecular weight excluding hydrogens is 377 g/mol. The summed E-state index contributed by atoms with van der Waals surface area (Å²) in [5, 5.41) is 4.37. The summed E-state index contributed by atoms with van der Waals surface area (Å²) >= 11 is 0. The van der Waals surface area contributed by atoms with Crippen molar-refractivity contribution in [2.24, 2.45) is 0 Å². The van der Waals surface area contributed by atoms with E-state index in [1.54, 1.807) is 24.3 Å². The highest BCUT2D eigenvalue weighted by Gasteiger charge is 2.15. The van der Waals surface area contributed by atoms with E-state index in [4.69, 9.17) is 9.47 Å². The van der Waals surface area contributed by atoms with Crippen molar-refractivity contribution >= 4 is 17.5 Å². The van der Waals surface area contributed by atoms with Gasteiger partial charge in [0.25, 0.3) is 0 Å². The zero-order valence-corrected chi connectivity index (χ0v) is 15.1. The minimum absolute atomic E-state index is 0.0139. The maximum Gasteiger partial charge on any atom is 0.243 e. The fourth-order valence-corrected chi connectivity index (χ4v) is 2.14. The highest BCUT2D eigenvalue weighted by atomic mass is 19.2. The Morgan fingerprint density at radius 3 is 2.18 bits per heavy atom. The van der Waals surface area contributed by atoms with Crippen LogP contribution in [0.25, 0.3) is 0 Å². The third-order valence-electron chi connectivity index (χ3n) is 3.49. The number of nitrogens with one attached hydrogen (secondary N) is 2. The van der Waals surface area contributed by atoms with Gasteiger partial charge in [-0.3, -0.25) is 9.59 Å². The summed E-state index contributed by atoms with van der Waals surface area (Å²) in [5.41, 5.74) is -0.517. The zero-order chi connectivity index (χ0) is 20.5. The summed E-state index contributed by atoms with van der Waals surface area (Å²) in [7, 11) is 0. The van der Waals surface area contributed by atoms with Crippen molar-refractivity contribution in [3.8, 4) is 11.5 Å². The molecule has 150 valence electrons. The minimum atomic E-state index is -1.69. The van der Waals surface area contributed by atoms with E-state index in [1.165, 1.54) is 0 Å². The van der Waals surface area contributed by atoms with Gasteiger partial charge in [-0.05, 0) is 43.3 Å². The normalized spacial score (nSPS) is 10.3. The van der Waals surface area contributed by atoms with Crippen LogP contribution < -0.4 is 20.1 Å². The van der Waals surface area contributed by atoms with E-state index in [2.05, 4.69) is 10.6 Å². The third kappa shape index (κ3) is 6.19. The van der Waals surface area contributed by atoms with Gasteiger partial charge in [-0.1, -0.05) is 0 Å². The molecule has 2 aromatic rings. The van der Waals surface area contributed by atoms with E-state index in [-0.39, 0.29) is 13.0 Å². The van der Waals surface area contributed by atoms with Crippen LogP contribution in [0.15, 0.2) is 36.4 Å². The first kappa shape index (κ1) is 21.1. The molecule has 0 heterocycles. The van der Waals surface area contributed by atoms with E-state index in [0.717, 1.165) is 6.07 Å². The highest BCUT2D eigenvalue weighted by molar-refractivity contribution is 5.94. The molecule has 6 nitrogen and oxygen atoms in total. The van der Waals surface area contributed by atoms with Crippen molar-refractivity contribution in [3.63, 3.8) is 0 Å². The van der Waals surface area contributed by atoms with E-state index in [1.807, 2.05) is 6.92 Å². The summed E-state index contributed by atoms with van der Waals surface area (Å²) in [5.74, 6) is -4.55. The van der Waals surface area contributed by atoms with Gasteiger partial charge >= 0.3 is 0 Å². The van der Waals surface area contributed by atoms with Crippen LogP contribution in [0.1, 0.15) is 13.3 Å². The number of ether oxygens (including phenoxy) is 2. The topological polar surface area (TPSA) is 76.7 Å². The molecule has 0 bridgehead atoms. The molecule has 28 heavy (non-hydrogen) atoms. The van der Waals surface area contributed by atoms with Crippen molar-refractivity contribution in [2.75, 3.05) is 25.1 Å². The van der Waals surface area contributed by atoms with Gasteiger partial charge in [0.1, 0.15) is 11.5 Å². The summed E-state index contributed by atoms with van der Waals surface area (Å²) in [4.78, 5) is 23.4. The number of rotatable bonds is 9. The van der Waals surface area contributed by atoms with Crippen LogP contribution in [-0.4, -0.2) is 31.6 Å². The van der Waals surface area contributed by atoms with Gasteiger partial charge in [0.2, 0.25) is 11.8 Å². The Kier molecular flexibility index (Phi) is 7.67. The Bertz CT molecular complexity index is 829. The molecule has 0 unspecified atom stereocenters.